The summed E-state index contributed by atoms with van der Waals surface area (Å²) in [5, 5.41) is 17.9. The Morgan fingerprint density at radius 1 is 1.27 bits per heavy atom. The molecule has 0 fully saturated rings. The average Bonchev–Trinajstić information content (AvgIpc) is 2.15. The molecule has 0 aliphatic carbocycles. The van der Waals surface area contributed by atoms with Gasteiger partial charge in [0.25, 0.3) is 0 Å². The maximum absolute atomic E-state index is 12.3. The van der Waals surface area contributed by atoms with Crippen LogP contribution in [-0.2, 0) is 11.5 Å². The summed E-state index contributed by atoms with van der Waals surface area (Å²) in [5.74, 6) is 0. The first kappa shape index (κ1) is 12.5. The van der Waals surface area contributed by atoms with Gasteiger partial charge in [0.15, 0.2) is 0 Å². The van der Waals surface area contributed by atoms with Crippen molar-refractivity contribution in [3.8, 4) is 0 Å². The molecule has 0 radical (unpaired) electrons. The lowest BCUT2D eigenvalue weighted by Crippen LogP contribution is -2.33. The van der Waals surface area contributed by atoms with Crippen LogP contribution in [0.5, 0.6) is 0 Å². The van der Waals surface area contributed by atoms with E-state index < -0.39 is 18.9 Å². The molecule has 0 heterocycles. The summed E-state index contributed by atoms with van der Waals surface area (Å²) >= 11 is 2.99. The highest BCUT2D eigenvalue weighted by Crippen LogP contribution is 2.29. The van der Waals surface area contributed by atoms with Crippen molar-refractivity contribution in [3.05, 3.63) is 29.3 Å². The first-order chi connectivity index (χ1) is 6.86. The molecule has 7 heteroatoms. The topological polar surface area (TPSA) is 40.5 Å². The fraction of sp³-hybridized carbons (Fsp3) is 0.250. The summed E-state index contributed by atoms with van der Waals surface area (Å²) in [7, 11) is -1.76. The van der Waals surface area contributed by atoms with Crippen molar-refractivity contribution in [2.24, 2.45) is 0 Å². The molecule has 0 aliphatic rings. The van der Waals surface area contributed by atoms with Gasteiger partial charge in [-0.05, 0) is 17.1 Å². The Morgan fingerprint density at radius 3 is 2.27 bits per heavy atom. The van der Waals surface area contributed by atoms with Crippen molar-refractivity contribution < 1.29 is 23.2 Å². The first-order valence-corrected chi connectivity index (χ1v) is 5.10. The quantitative estimate of drug-likeness (QED) is 0.634. The molecule has 0 aliphatic heterocycles. The zero-order chi connectivity index (χ0) is 11.6. The number of alkyl halides is 4. The van der Waals surface area contributed by atoms with E-state index in [0.717, 1.165) is 18.2 Å². The van der Waals surface area contributed by atoms with Gasteiger partial charge in [0.1, 0.15) is 0 Å². The van der Waals surface area contributed by atoms with Crippen LogP contribution >= 0.6 is 15.9 Å². The van der Waals surface area contributed by atoms with Crippen LogP contribution in [0.3, 0.4) is 0 Å². The lowest BCUT2D eigenvalue weighted by molar-refractivity contribution is -0.137. The van der Waals surface area contributed by atoms with Gasteiger partial charge in [-0.25, -0.2) is 0 Å². The van der Waals surface area contributed by atoms with Crippen LogP contribution in [0.4, 0.5) is 13.2 Å². The third-order valence-corrected chi connectivity index (χ3v) is 2.50. The normalized spacial score (nSPS) is 11.6. The van der Waals surface area contributed by atoms with E-state index in [0.29, 0.717) is 0 Å². The Balaban J connectivity index is 3.19. The van der Waals surface area contributed by atoms with E-state index in [1.54, 1.807) is 0 Å². The van der Waals surface area contributed by atoms with Gasteiger partial charge in [0.2, 0.25) is 0 Å². The summed E-state index contributed by atoms with van der Waals surface area (Å²) < 4.78 is 36.9. The van der Waals surface area contributed by atoms with E-state index in [9.17, 15) is 13.2 Å². The van der Waals surface area contributed by atoms with Gasteiger partial charge in [0.05, 0.1) is 5.56 Å². The minimum Gasteiger partial charge on any atom is -0.423 e. The van der Waals surface area contributed by atoms with Crippen molar-refractivity contribution in [1.29, 1.82) is 0 Å². The predicted molar refractivity (Wildman–Crippen MR) is 53.9 cm³/mol. The fourth-order valence-corrected chi connectivity index (χ4v) is 1.64. The van der Waals surface area contributed by atoms with Gasteiger partial charge in [0, 0.05) is 5.33 Å². The molecule has 2 nitrogen and oxygen atoms in total. The van der Waals surface area contributed by atoms with E-state index >= 15 is 0 Å². The summed E-state index contributed by atoms with van der Waals surface area (Å²) in [6.07, 6.45) is -4.42. The van der Waals surface area contributed by atoms with Crippen molar-refractivity contribution in [2.45, 2.75) is 11.5 Å². The Hall–Kier alpha value is -0.525. The minimum atomic E-state index is -4.42. The Kier molecular flexibility index (Phi) is 3.80. The van der Waals surface area contributed by atoms with E-state index in [-0.39, 0.29) is 16.4 Å². The van der Waals surface area contributed by atoms with Gasteiger partial charge in [-0.3, -0.25) is 0 Å². The smallest absolute Gasteiger partial charge is 0.423 e. The number of hydrogen-bond acceptors (Lipinski definition) is 2. The van der Waals surface area contributed by atoms with E-state index in [1.165, 1.54) is 0 Å². The third kappa shape index (κ3) is 2.96. The van der Waals surface area contributed by atoms with Crippen LogP contribution in [0.1, 0.15) is 11.1 Å². The van der Waals surface area contributed by atoms with Gasteiger partial charge < -0.3 is 10.0 Å². The van der Waals surface area contributed by atoms with Gasteiger partial charge in [-0.1, -0.05) is 28.1 Å². The summed E-state index contributed by atoms with van der Waals surface area (Å²) in [5.41, 5.74) is -0.527. The van der Waals surface area contributed by atoms with Crippen molar-refractivity contribution in [1.82, 2.24) is 0 Å². The number of halogens is 4. The molecule has 0 amide bonds. The molecule has 0 saturated heterocycles. The molecule has 0 spiro atoms. The van der Waals surface area contributed by atoms with E-state index in [2.05, 4.69) is 15.9 Å². The molecule has 0 bridgehead atoms. The fourth-order valence-electron chi connectivity index (χ4n) is 1.15. The lowest BCUT2D eigenvalue weighted by Gasteiger charge is -2.11. The van der Waals surface area contributed by atoms with Gasteiger partial charge in [-0.15, -0.1) is 0 Å². The van der Waals surface area contributed by atoms with Crippen LogP contribution in [0.15, 0.2) is 18.2 Å². The van der Waals surface area contributed by atoms with E-state index in [1.807, 2.05) is 0 Å². The molecule has 1 aromatic carbocycles. The number of hydrogen-bond donors (Lipinski definition) is 2. The highest BCUT2D eigenvalue weighted by molar-refractivity contribution is 9.08. The first-order valence-electron chi connectivity index (χ1n) is 3.98. The Labute approximate surface area is 93.0 Å². The summed E-state index contributed by atoms with van der Waals surface area (Å²) in [6.45, 7) is 0. The van der Waals surface area contributed by atoms with Crippen LogP contribution in [0.2, 0.25) is 0 Å². The van der Waals surface area contributed by atoms with Crippen molar-refractivity contribution in [2.75, 3.05) is 0 Å². The van der Waals surface area contributed by atoms with Gasteiger partial charge in [-0.2, -0.15) is 13.2 Å². The monoisotopic (exact) mass is 282 g/mol. The van der Waals surface area contributed by atoms with Gasteiger partial charge >= 0.3 is 13.3 Å². The molecular formula is C8H7BBrF3O2. The molecule has 2 N–H and O–H groups in total. The highest BCUT2D eigenvalue weighted by atomic mass is 79.9. The Bertz CT molecular complexity index is 354. The SMILES string of the molecule is OB(O)c1ccc(C(F)(F)F)cc1CBr. The maximum Gasteiger partial charge on any atom is 0.488 e. The molecule has 0 unspecified atom stereocenters. The van der Waals surface area contributed by atoms with E-state index in [4.69, 9.17) is 10.0 Å². The second kappa shape index (κ2) is 4.55. The lowest BCUT2D eigenvalue weighted by atomic mass is 9.77. The van der Waals surface area contributed by atoms with Crippen LogP contribution in [0.25, 0.3) is 0 Å². The van der Waals surface area contributed by atoms with Crippen LogP contribution in [-0.4, -0.2) is 17.2 Å². The minimum absolute atomic E-state index is 0.0693. The molecule has 1 rings (SSSR count). The highest BCUT2D eigenvalue weighted by Gasteiger charge is 2.31. The second-order valence-corrected chi connectivity index (χ2v) is 3.48. The van der Waals surface area contributed by atoms with Crippen LogP contribution < -0.4 is 5.46 Å². The molecule has 0 aromatic heterocycles. The second-order valence-electron chi connectivity index (χ2n) is 2.92. The molecule has 0 atom stereocenters. The van der Waals surface area contributed by atoms with Crippen molar-refractivity contribution in [3.63, 3.8) is 0 Å². The predicted octanol–water partition coefficient (Wildman–Crippen LogP) is 1.28. The summed E-state index contributed by atoms with van der Waals surface area (Å²) in [6, 6.07) is 2.77. The van der Waals surface area contributed by atoms with Crippen LogP contribution in [0, 0.1) is 0 Å². The van der Waals surface area contributed by atoms with Crippen molar-refractivity contribution >= 4 is 28.5 Å². The summed E-state index contributed by atoms with van der Waals surface area (Å²) in [4.78, 5) is 0. The molecule has 0 saturated carbocycles. The zero-order valence-corrected chi connectivity index (χ0v) is 9.01. The number of benzene rings is 1. The molecular weight excluding hydrogens is 276 g/mol. The zero-order valence-electron chi connectivity index (χ0n) is 7.42. The molecule has 1 aromatic rings. The largest absolute Gasteiger partial charge is 0.488 e. The maximum atomic E-state index is 12.3. The molecule has 82 valence electrons. The average molecular weight is 283 g/mol. The number of rotatable bonds is 2. The Morgan fingerprint density at radius 2 is 1.87 bits per heavy atom. The molecule has 15 heavy (non-hydrogen) atoms. The third-order valence-electron chi connectivity index (χ3n) is 1.89. The standard InChI is InChI=1S/C8H7BBrF3O2/c10-4-5-3-6(8(11,12)13)1-2-7(5)9(14)15/h1-3,14-15H,4H2.